The number of nitrogens with zero attached hydrogens (tertiary/aromatic N) is 2. The fourth-order valence-corrected chi connectivity index (χ4v) is 3.51. The second-order valence-electron chi connectivity index (χ2n) is 5.48. The molecule has 2 aromatic carbocycles. The summed E-state index contributed by atoms with van der Waals surface area (Å²) in [7, 11) is 1.45. The third-order valence-corrected chi connectivity index (χ3v) is 5.34. The number of hydrogen-bond donors (Lipinski definition) is 1. The third kappa shape index (κ3) is 3.49. The normalized spacial score (nSPS) is 10.9. The fourth-order valence-electron chi connectivity index (χ4n) is 2.50. The van der Waals surface area contributed by atoms with Gasteiger partial charge >= 0.3 is 0 Å². The van der Waals surface area contributed by atoms with Crippen LogP contribution in [0.4, 0.5) is 5.13 Å². The van der Waals surface area contributed by atoms with Gasteiger partial charge in [-0.2, -0.15) is 0 Å². The third-order valence-electron chi connectivity index (χ3n) is 3.77. The van der Waals surface area contributed by atoms with E-state index in [1.807, 2.05) is 30.3 Å². The van der Waals surface area contributed by atoms with Crippen LogP contribution in [0.3, 0.4) is 0 Å². The van der Waals surface area contributed by atoms with E-state index in [-0.39, 0.29) is 10.6 Å². The van der Waals surface area contributed by atoms with Crippen molar-refractivity contribution in [2.75, 3.05) is 12.4 Å². The lowest BCUT2D eigenvalue weighted by molar-refractivity contribution is 0.102. The van der Waals surface area contributed by atoms with Crippen molar-refractivity contribution >= 4 is 56.5 Å². The molecule has 0 saturated heterocycles. The molecule has 0 aliphatic rings. The number of carbonyl (C=O) groups excluding carboxylic acids is 1. The van der Waals surface area contributed by atoms with Gasteiger partial charge in [0.15, 0.2) is 10.8 Å². The van der Waals surface area contributed by atoms with Crippen molar-refractivity contribution < 1.29 is 13.9 Å². The monoisotopic (exact) mass is 419 g/mol. The van der Waals surface area contributed by atoms with Gasteiger partial charge in [-0.15, -0.1) is 10.2 Å². The largest absolute Gasteiger partial charge is 0.496 e. The van der Waals surface area contributed by atoms with Crippen LogP contribution in [0.25, 0.3) is 21.7 Å². The van der Waals surface area contributed by atoms with Crippen LogP contribution < -0.4 is 10.1 Å². The molecule has 0 unspecified atom stereocenters. The molecule has 0 atom stereocenters. The van der Waals surface area contributed by atoms with E-state index in [4.69, 9.17) is 32.4 Å². The summed E-state index contributed by atoms with van der Waals surface area (Å²) in [4.78, 5) is 12.6. The number of rotatable bonds is 4. The van der Waals surface area contributed by atoms with Crippen molar-refractivity contribution in [1.29, 1.82) is 0 Å². The van der Waals surface area contributed by atoms with Crippen LogP contribution in [-0.4, -0.2) is 23.2 Å². The Bertz CT molecular complexity index is 1120. The van der Waals surface area contributed by atoms with E-state index in [2.05, 4.69) is 15.5 Å². The lowest BCUT2D eigenvalue weighted by Gasteiger charge is -2.09. The topological polar surface area (TPSA) is 77.2 Å². The first-order chi connectivity index (χ1) is 13.0. The molecule has 0 saturated carbocycles. The summed E-state index contributed by atoms with van der Waals surface area (Å²) in [5, 5.41) is 13.2. The van der Waals surface area contributed by atoms with Gasteiger partial charge in [-0.1, -0.05) is 52.7 Å². The van der Waals surface area contributed by atoms with Gasteiger partial charge in [0.2, 0.25) is 5.13 Å². The molecule has 0 radical (unpaired) electrons. The predicted molar refractivity (Wildman–Crippen MR) is 106 cm³/mol. The van der Waals surface area contributed by atoms with Gasteiger partial charge in [-0.25, -0.2) is 0 Å². The van der Waals surface area contributed by atoms with Crippen molar-refractivity contribution in [3.05, 3.63) is 58.1 Å². The highest BCUT2D eigenvalue weighted by molar-refractivity contribution is 7.18. The van der Waals surface area contributed by atoms with E-state index in [1.54, 1.807) is 0 Å². The molecule has 0 fully saturated rings. The number of furan rings is 1. The van der Waals surface area contributed by atoms with Gasteiger partial charge < -0.3 is 9.15 Å². The highest BCUT2D eigenvalue weighted by Crippen LogP contribution is 2.33. The lowest BCUT2D eigenvalue weighted by Crippen LogP contribution is -2.13. The number of methoxy groups -OCH3 is 1. The number of carbonyl (C=O) groups is 1. The van der Waals surface area contributed by atoms with Crippen LogP contribution >= 0.6 is 34.5 Å². The van der Waals surface area contributed by atoms with Crippen LogP contribution in [0, 0.1) is 0 Å². The van der Waals surface area contributed by atoms with E-state index in [9.17, 15) is 4.79 Å². The zero-order valence-electron chi connectivity index (χ0n) is 13.8. The number of para-hydroxylation sites is 1. The molecule has 1 amide bonds. The Kier molecular flexibility index (Phi) is 4.73. The Morgan fingerprint density at radius 3 is 2.70 bits per heavy atom. The number of anilines is 1. The first kappa shape index (κ1) is 17.8. The summed E-state index contributed by atoms with van der Waals surface area (Å²) in [5.41, 5.74) is 1.00. The zero-order valence-corrected chi connectivity index (χ0v) is 16.2. The highest BCUT2D eigenvalue weighted by Gasteiger charge is 2.18. The molecular weight excluding hydrogens is 409 g/mol. The number of amides is 1. The van der Waals surface area contributed by atoms with Crippen molar-refractivity contribution in [3.63, 3.8) is 0 Å². The van der Waals surface area contributed by atoms with Crippen LogP contribution in [-0.2, 0) is 0 Å². The van der Waals surface area contributed by atoms with E-state index in [1.165, 1.54) is 30.6 Å². The van der Waals surface area contributed by atoms with Crippen molar-refractivity contribution in [1.82, 2.24) is 10.2 Å². The maximum Gasteiger partial charge on any atom is 0.261 e. The number of fused-ring (bicyclic) bond motifs is 1. The molecule has 2 aromatic heterocycles. The zero-order chi connectivity index (χ0) is 19.0. The highest BCUT2D eigenvalue weighted by atomic mass is 35.5. The molecule has 4 rings (SSSR count). The fraction of sp³-hybridized carbons (Fsp3) is 0.0556. The molecule has 0 aliphatic heterocycles. The minimum atomic E-state index is -0.433. The van der Waals surface area contributed by atoms with Crippen LogP contribution in [0.15, 0.2) is 46.9 Å². The summed E-state index contributed by atoms with van der Waals surface area (Å²) >= 11 is 13.2. The average Bonchev–Trinajstić information content (AvgIpc) is 3.29. The van der Waals surface area contributed by atoms with Gasteiger partial charge in [0.25, 0.3) is 5.91 Å². The standard InChI is InChI=1S/C18H11Cl2N3O3S/c1-25-14-8-12(20)11(19)7-10(14)16(24)21-18-23-22-17(27-18)15-6-9-4-2-3-5-13(9)26-15/h2-8H,1H3,(H,21,23,24). The predicted octanol–water partition coefficient (Wildman–Crippen LogP) is 5.52. The van der Waals surface area contributed by atoms with E-state index in [0.717, 1.165) is 11.0 Å². The van der Waals surface area contributed by atoms with E-state index < -0.39 is 5.91 Å². The van der Waals surface area contributed by atoms with E-state index >= 15 is 0 Å². The van der Waals surface area contributed by atoms with Gasteiger partial charge in [-0.3, -0.25) is 10.1 Å². The molecule has 27 heavy (non-hydrogen) atoms. The smallest absolute Gasteiger partial charge is 0.261 e. The van der Waals surface area contributed by atoms with Gasteiger partial charge in [-0.05, 0) is 18.2 Å². The molecule has 6 nitrogen and oxygen atoms in total. The first-order valence-corrected chi connectivity index (χ1v) is 9.29. The second-order valence-corrected chi connectivity index (χ2v) is 7.27. The quantitative estimate of drug-likeness (QED) is 0.471. The molecule has 9 heteroatoms. The lowest BCUT2D eigenvalue weighted by atomic mass is 10.2. The van der Waals surface area contributed by atoms with Crippen molar-refractivity contribution in [3.8, 4) is 16.5 Å². The Labute approximate surface area is 167 Å². The van der Waals surface area contributed by atoms with Crippen LogP contribution in [0.1, 0.15) is 10.4 Å². The molecular formula is C18H11Cl2N3O3S. The number of benzene rings is 2. The SMILES string of the molecule is COc1cc(Cl)c(Cl)cc1C(=O)Nc1nnc(-c2cc3ccccc3o2)s1. The second kappa shape index (κ2) is 7.19. The number of aromatic nitrogens is 2. The van der Waals surface area contributed by atoms with E-state index in [0.29, 0.717) is 26.7 Å². The minimum Gasteiger partial charge on any atom is -0.496 e. The summed E-state index contributed by atoms with van der Waals surface area (Å²) in [6.07, 6.45) is 0. The molecule has 4 aromatic rings. The molecule has 1 N–H and O–H groups in total. The van der Waals surface area contributed by atoms with Crippen molar-refractivity contribution in [2.45, 2.75) is 0 Å². The van der Waals surface area contributed by atoms with Crippen LogP contribution in [0.2, 0.25) is 10.0 Å². The van der Waals surface area contributed by atoms with Gasteiger partial charge in [0.1, 0.15) is 11.3 Å². The summed E-state index contributed by atoms with van der Waals surface area (Å²) in [6.45, 7) is 0. The average molecular weight is 420 g/mol. The molecule has 0 aliphatic carbocycles. The van der Waals surface area contributed by atoms with Gasteiger partial charge in [0.05, 0.1) is 22.7 Å². The minimum absolute atomic E-state index is 0.243. The maximum absolute atomic E-state index is 12.6. The molecule has 0 spiro atoms. The summed E-state index contributed by atoms with van der Waals surface area (Å²) in [6, 6.07) is 12.5. The Hall–Kier alpha value is -2.61. The molecule has 136 valence electrons. The Morgan fingerprint density at radius 1 is 1.15 bits per heavy atom. The van der Waals surface area contributed by atoms with Crippen LogP contribution in [0.5, 0.6) is 5.75 Å². The number of halogens is 2. The number of ether oxygens (including phenoxy) is 1. The summed E-state index contributed by atoms with van der Waals surface area (Å²) < 4.78 is 11.0. The Morgan fingerprint density at radius 2 is 1.93 bits per heavy atom. The molecule has 0 bridgehead atoms. The van der Waals surface area contributed by atoms with Gasteiger partial charge in [0, 0.05) is 11.5 Å². The number of hydrogen-bond acceptors (Lipinski definition) is 6. The molecule has 2 heterocycles. The Balaban J connectivity index is 1.59. The number of nitrogens with one attached hydrogen (secondary N) is 1. The summed E-state index contributed by atoms with van der Waals surface area (Å²) in [5.74, 6) is 0.461. The maximum atomic E-state index is 12.6. The van der Waals surface area contributed by atoms with Crippen molar-refractivity contribution in [2.24, 2.45) is 0 Å². The first-order valence-electron chi connectivity index (χ1n) is 7.72.